The zero-order chi connectivity index (χ0) is 13.5. The molecule has 0 aliphatic rings. The summed E-state index contributed by atoms with van der Waals surface area (Å²) in [5.41, 5.74) is 0.905. The van der Waals surface area contributed by atoms with E-state index < -0.39 is 0 Å². The van der Waals surface area contributed by atoms with Gasteiger partial charge in [0.1, 0.15) is 5.75 Å². The summed E-state index contributed by atoms with van der Waals surface area (Å²) in [6.07, 6.45) is 0. The van der Waals surface area contributed by atoms with E-state index >= 15 is 0 Å². The number of carbonyl (C=O) groups excluding carboxylic acids is 1. The Kier molecular flexibility index (Phi) is 5.65. The number of carbonyl (C=O) groups is 1. The van der Waals surface area contributed by atoms with Crippen molar-refractivity contribution in [3.8, 4) is 5.75 Å². The predicted octanol–water partition coefficient (Wildman–Crippen LogP) is 1.91. The van der Waals surface area contributed by atoms with E-state index in [1.807, 2.05) is 26.8 Å². The average Bonchev–Trinajstić information content (AvgIpc) is 2.35. The number of nitrogens with zero attached hydrogens (tertiary/aromatic N) is 1. The highest BCUT2D eigenvalue weighted by atomic mass is 16.3. The number of phenols is 1. The molecular formula is C14H22N2O2. The number of amides is 1. The van der Waals surface area contributed by atoms with Crippen LogP contribution in [-0.4, -0.2) is 35.5 Å². The summed E-state index contributed by atoms with van der Waals surface area (Å²) in [6, 6.07) is 6.86. The van der Waals surface area contributed by atoms with Gasteiger partial charge in [-0.25, -0.2) is 0 Å². The third-order valence-electron chi connectivity index (χ3n) is 3.01. The molecule has 0 unspecified atom stereocenters. The molecule has 4 heteroatoms. The Bertz CT molecular complexity index is 389. The summed E-state index contributed by atoms with van der Waals surface area (Å²) >= 11 is 0. The number of likely N-dealkylation sites (N-methyl/N-ethyl adjacent to an activating group) is 1. The number of nitrogens with one attached hydrogen (secondary N) is 1. The lowest BCUT2D eigenvalue weighted by molar-refractivity contribution is -0.122. The lowest BCUT2D eigenvalue weighted by Crippen LogP contribution is -2.38. The van der Waals surface area contributed by atoms with Crippen molar-refractivity contribution >= 4 is 5.91 Å². The summed E-state index contributed by atoms with van der Waals surface area (Å²) < 4.78 is 0. The molecule has 1 aromatic rings. The van der Waals surface area contributed by atoms with Crippen LogP contribution in [0.4, 0.5) is 0 Å². The van der Waals surface area contributed by atoms with Gasteiger partial charge in [0, 0.05) is 0 Å². The van der Waals surface area contributed by atoms with Gasteiger partial charge in [0.25, 0.3) is 0 Å². The van der Waals surface area contributed by atoms with Crippen LogP contribution in [0.25, 0.3) is 0 Å². The van der Waals surface area contributed by atoms with Crippen molar-refractivity contribution in [3.63, 3.8) is 0 Å². The molecule has 4 nitrogen and oxygen atoms in total. The molecule has 2 N–H and O–H groups in total. The Morgan fingerprint density at radius 3 is 2.61 bits per heavy atom. The SMILES string of the molecule is CCN(CC)CC(=O)N[C@@H](C)c1cccc(O)c1. The van der Waals surface area contributed by atoms with Gasteiger partial charge in [0.05, 0.1) is 12.6 Å². The standard InChI is InChI=1S/C14H22N2O2/c1-4-16(5-2)10-14(18)15-11(3)12-7-6-8-13(17)9-12/h6-9,11,17H,4-5,10H2,1-3H3,(H,15,18)/t11-/m0/s1. The van der Waals surface area contributed by atoms with Gasteiger partial charge < -0.3 is 10.4 Å². The number of aromatic hydroxyl groups is 1. The van der Waals surface area contributed by atoms with Gasteiger partial charge in [0.15, 0.2) is 0 Å². The van der Waals surface area contributed by atoms with Crippen molar-refractivity contribution in [2.24, 2.45) is 0 Å². The zero-order valence-electron chi connectivity index (χ0n) is 11.3. The number of benzene rings is 1. The minimum absolute atomic E-state index is 0.00884. The molecule has 0 bridgehead atoms. The third kappa shape index (κ3) is 4.37. The first-order valence-corrected chi connectivity index (χ1v) is 6.37. The first kappa shape index (κ1) is 14.5. The van der Waals surface area contributed by atoms with E-state index in [4.69, 9.17) is 0 Å². The lowest BCUT2D eigenvalue weighted by atomic mass is 10.1. The lowest BCUT2D eigenvalue weighted by Gasteiger charge is -2.20. The number of hydrogen-bond acceptors (Lipinski definition) is 3. The molecular weight excluding hydrogens is 228 g/mol. The fourth-order valence-corrected chi connectivity index (χ4v) is 1.81. The molecule has 18 heavy (non-hydrogen) atoms. The van der Waals surface area contributed by atoms with Gasteiger partial charge in [-0.15, -0.1) is 0 Å². The molecule has 0 spiro atoms. The smallest absolute Gasteiger partial charge is 0.234 e. The van der Waals surface area contributed by atoms with Crippen LogP contribution in [0.3, 0.4) is 0 Å². The van der Waals surface area contributed by atoms with E-state index in [9.17, 15) is 9.90 Å². The van der Waals surface area contributed by atoms with E-state index in [-0.39, 0.29) is 17.7 Å². The summed E-state index contributed by atoms with van der Waals surface area (Å²) in [7, 11) is 0. The quantitative estimate of drug-likeness (QED) is 0.811. The van der Waals surface area contributed by atoms with Crippen molar-refractivity contribution < 1.29 is 9.90 Å². The largest absolute Gasteiger partial charge is 0.508 e. The van der Waals surface area contributed by atoms with Gasteiger partial charge in [-0.1, -0.05) is 26.0 Å². The van der Waals surface area contributed by atoms with Crippen molar-refractivity contribution in [3.05, 3.63) is 29.8 Å². The Labute approximate surface area is 109 Å². The molecule has 0 aromatic heterocycles. The maximum Gasteiger partial charge on any atom is 0.234 e. The molecule has 1 rings (SSSR count). The van der Waals surface area contributed by atoms with Crippen LogP contribution in [-0.2, 0) is 4.79 Å². The van der Waals surface area contributed by atoms with Crippen LogP contribution in [0, 0.1) is 0 Å². The molecule has 0 saturated carbocycles. The fraction of sp³-hybridized carbons (Fsp3) is 0.500. The van der Waals surface area contributed by atoms with Crippen LogP contribution in [0.1, 0.15) is 32.4 Å². The predicted molar refractivity (Wildman–Crippen MR) is 72.5 cm³/mol. The highest BCUT2D eigenvalue weighted by Crippen LogP contribution is 2.17. The van der Waals surface area contributed by atoms with E-state index in [0.29, 0.717) is 6.54 Å². The normalized spacial score (nSPS) is 12.4. The molecule has 1 amide bonds. The second-order valence-electron chi connectivity index (χ2n) is 4.35. The summed E-state index contributed by atoms with van der Waals surface area (Å²) in [5.74, 6) is 0.229. The number of rotatable bonds is 6. The molecule has 100 valence electrons. The van der Waals surface area contributed by atoms with Crippen molar-refractivity contribution in [1.82, 2.24) is 10.2 Å². The first-order chi connectivity index (χ1) is 8.56. The second-order valence-corrected chi connectivity index (χ2v) is 4.35. The minimum atomic E-state index is -0.0971. The molecule has 0 heterocycles. The van der Waals surface area contributed by atoms with Gasteiger partial charge in [0.2, 0.25) is 5.91 Å². The molecule has 0 aliphatic heterocycles. The van der Waals surface area contributed by atoms with E-state index in [1.54, 1.807) is 18.2 Å². The third-order valence-corrected chi connectivity index (χ3v) is 3.01. The first-order valence-electron chi connectivity index (χ1n) is 6.37. The molecule has 0 saturated heterocycles. The van der Waals surface area contributed by atoms with Crippen molar-refractivity contribution in [1.29, 1.82) is 0 Å². The maximum atomic E-state index is 11.8. The Balaban J connectivity index is 2.54. The second kappa shape index (κ2) is 7.01. The van der Waals surface area contributed by atoms with E-state index in [1.165, 1.54) is 0 Å². The van der Waals surface area contributed by atoms with Gasteiger partial charge in [-0.3, -0.25) is 9.69 Å². The number of hydrogen-bond donors (Lipinski definition) is 2. The molecule has 1 aromatic carbocycles. The van der Waals surface area contributed by atoms with Crippen LogP contribution >= 0.6 is 0 Å². The highest BCUT2D eigenvalue weighted by Gasteiger charge is 2.12. The van der Waals surface area contributed by atoms with Crippen molar-refractivity contribution in [2.75, 3.05) is 19.6 Å². The highest BCUT2D eigenvalue weighted by molar-refractivity contribution is 5.78. The minimum Gasteiger partial charge on any atom is -0.508 e. The Morgan fingerprint density at radius 1 is 1.39 bits per heavy atom. The Morgan fingerprint density at radius 2 is 2.06 bits per heavy atom. The summed E-state index contributed by atoms with van der Waals surface area (Å²) in [4.78, 5) is 13.9. The Hall–Kier alpha value is -1.55. The fourth-order valence-electron chi connectivity index (χ4n) is 1.81. The van der Waals surface area contributed by atoms with Gasteiger partial charge in [-0.05, 0) is 37.7 Å². The topological polar surface area (TPSA) is 52.6 Å². The molecule has 0 fully saturated rings. The van der Waals surface area contributed by atoms with Crippen LogP contribution in [0.5, 0.6) is 5.75 Å². The van der Waals surface area contributed by atoms with Crippen molar-refractivity contribution in [2.45, 2.75) is 26.8 Å². The van der Waals surface area contributed by atoms with E-state index in [2.05, 4.69) is 10.2 Å². The molecule has 0 radical (unpaired) electrons. The van der Waals surface area contributed by atoms with Crippen LogP contribution < -0.4 is 5.32 Å². The zero-order valence-corrected chi connectivity index (χ0v) is 11.3. The van der Waals surface area contributed by atoms with Crippen LogP contribution in [0.2, 0.25) is 0 Å². The van der Waals surface area contributed by atoms with E-state index in [0.717, 1.165) is 18.7 Å². The monoisotopic (exact) mass is 250 g/mol. The maximum absolute atomic E-state index is 11.8. The average molecular weight is 250 g/mol. The van der Waals surface area contributed by atoms with Gasteiger partial charge in [-0.2, -0.15) is 0 Å². The molecule has 1 atom stereocenters. The molecule has 0 aliphatic carbocycles. The van der Waals surface area contributed by atoms with Gasteiger partial charge >= 0.3 is 0 Å². The number of phenolic OH excluding ortho intramolecular Hbond substituents is 1. The summed E-state index contributed by atoms with van der Waals surface area (Å²) in [5, 5.41) is 12.3. The van der Waals surface area contributed by atoms with Crippen LogP contribution in [0.15, 0.2) is 24.3 Å². The summed E-state index contributed by atoms with van der Waals surface area (Å²) in [6.45, 7) is 8.13.